The standard InChI is InChI=1S/C11H20N2/c1-9(2)7-10(13-3)11(8-12)5-4-6-11/h9-10,13H,4-7H2,1-3H3. The van der Waals surface area contributed by atoms with Gasteiger partial charge in [0, 0.05) is 6.04 Å². The van der Waals surface area contributed by atoms with E-state index in [1.54, 1.807) is 0 Å². The van der Waals surface area contributed by atoms with Crippen molar-refractivity contribution in [2.24, 2.45) is 11.3 Å². The van der Waals surface area contributed by atoms with Crippen molar-refractivity contribution in [2.75, 3.05) is 7.05 Å². The molecule has 1 aliphatic carbocycles. The first-order valence-corrected chi connectivity index (χ1v) is 5.23. The third kappa shape index (κ3) is 2.03. The third-order valence-corrected chi connectivity index (χ3v) is 3.19. The summed E-state index contributed by atoms with van der Waals surface area (Å²) in [7, 11) is 1.98. The Morgan fingerprint density at radius 1 is 1.46 bits per heavy atom. The number of rotatable bonds is 4. The summed E-state index contributed by atoms with van der Waals surface area (Å²) in [5.74, 6) is 0.670. The first kappa shape index (κ1) is 10.5. The molecule has 0 aliphatic heterocycles. The van der Waals surface area contributed by atoms with Gasteiger partial charge in [0.25, 0.3) is 0 Å². The van der Waals surface area contributed by atoms with Crippen LogP contribution in [0.2, 0.25) is 0 Å². The minimum atomic E-state index is -0.0426. The molecule has 1 N–H and O–H groups in total. The summed E-state index contributed by atoms with van der Waals surface area (Å²) in [6, 6.07) is 2.90. The van der Waals surface area contributed by atoms with E-state index >= 15 is 0 Å². The minimum Gasteiger partial charge on any atom is -0.315 e. The van der Waals surface area contributed by atoms with Crippen LogP contribution in [0.4, 0.5) is 0 Å². The Kier molecular flexibility index (Phi) is 3.33. The summed E-state index contributed by atoms with van der Waals surface area (Å²) in [5.41, 5.74) is -0.0426. The van der Waals surface area contributed by atoms with Gasteiger partial charge in [-0.15, -0.1) is 0 Å². The fraction of sp³-hybridized carbons (Fsp3) is 0.909. The molecular weight excluding hydrogens is 160 g/mol. The van der Waals surface area contributed by atoms with Crippen LogP contribution < -0.4 is 5.32 Å². The third-order valence-electron chi connectivity index (χ3n) is 3.19. The van der Waals surface area contributed by atoms with E-state index in [1.165, 1.54) is 6.42 Å². The molecule has 1 atom stereocenters. The first-order chi connectivity index (χ1) is 6.14. The van der Waals surface area contributed by atoms with Crippen LogP contribution in [-0.2, 0) is 0 Å². The van der Waals surface area contributed by atoms with Gasteiger partial charge in [0.05, 0.1) is 11.5 Å². The number of nitrogens with one attached hydrogen (secondary N) is 1. The molecule has 2 heteroatoms. The Morgan fingerprint density at radius 2 is 2.08 bits per heavy atom. The Labute approximate surface area is 81.3 Å². The van der Waals surface area contributed by atoms with Gasteiger partial charge < -0.3 is 5.32 Å². The topological polar surface area (TPSA) is 35.8 Å². The van der Waals surface area contributed by atoms with E-state index in [-0.39, 0.29) is 5.41 Å². The van der Waals surface area contributed by atoms with E-state index in [1.807, 2.05) is 7.05 Å². The lowest BCUT2D eigenvalue weighted by molar-refractivity contribution is 0.132. The van der Waals surface area contributed by atoms with Gasteiger partial charge in [-0.25, -0.2) is 0 Å². The molecule has 74 valence electrons. The lowest BCUT2D eigenvalue weighted by Crippen LogP contribution is -2.48. The summed E-state index contributed by atoms with van der Waals surface area (Å²) in [5, 5.41) is 12.5. The van der Waals surface area contributed by atoms with Crippen LogP contribution in [0.3, 0.4) is 0 Å². The SMILES string of the molecule is CNC(CC(C)C)C1(C#N)CCC1. The van der Waals surface area contributed by atoms with Crippen molar-refractivity contribution in [3.63, 3.8) is 0 Å². The van der Waals surface area contributed by atoms with Crippen LogP contribution in [0.25, 0.3) is 0 Å². The van der Waals surface area contributed by atoms with E-state index in [4.69, 9.17) is 5.26 Å². The minimum absolute atomic E-state index is 0.0426. The molecule has 0 aromatic heterocycles. The Balaban J connectivity index is 2.59. The molecule has 0 spiro atoms. The predicted octanol–water partition coefficient (Wildman–Crippen LogP) is 2.31. The predicted molar refractivity (Wildman–Crippen MR) is 54.2 cm³/mol. The second-order valence-corrected chi connectivity index (χ2v) is 4.59. The number of hydrogen-bond acceptors (Lipinski definition) is 2. The molecule has 13 heavy (non-hydrogen) atoms. The van der Waals surface area contributed by atoms with Crippen molar-refractivity contribution < 1.29 is 0 Å². The number of hydrogen-bond donors (Lipinski definition) is 1. The van der Waals surface area contributed by atoms with Crippen LogP contribution in [0.5, 0.6) is 0 Å². The van der Waals surface area contributed by atoms with Crippen LogP contribution in [0, 0.1) is 22.7 Å². The molecule has 0 aromatic rings. The highest BCUT2D eigenvalue weighted by molar-refractivity contribution is 5.10. The Hall–Kier alpha value is -0.550. The fourth-order valence-corrected chi connectivity index (χ4v) is 2.19. The molecule has 0 aromatic carbocycles. The molecule has 2 nitrogen and oxygen atoms in total. The van der Waals surface area contributed by atoms with Gasteiger partial charge in [-0.3, -0.25) is 0 Å². The maximum Gasteiger partial charge on any atom is 0.0726 e. The lowest BCUT2D eigenvalue weighted by Gasteiger charge is -2.42. The molecule has 1 aliphatic rings. The second-order valence-electron chi connectivity index (χ2n) is 4.59. The average Bonchev–Trinajstić information content (AvgIpc) is 2.01. The highest BCUT2D eigenvalue weighted by Crippen LogP contribution is 2.44. The largest absolute Gasteiger partial charge is 0.315 e. The molecule has 0 bridgehead atoms. The second kappa shape index (κ2) is 4.11. The average molecular weight is 180 g/mol. The molecule has 0 radical (unpaired) electrons. The maximum atomic E-state index is 9.16. The normalized spacial score (nSPS) is 22.1. The van der Waals surface area contributed by atoms with Crippen LogP contribution in [0.1, 0.15) is 39.5 Å². The summed E-state index contributed by atoms with van der Waals surface area (Å²) in [6.45, 7) is 4.43. The molecule has 0 heterocycles. The molecule has 0 saturated heterocycles. The molecular formula is C11H20N2. The first-order valence-electron chi connectivity index (χ1n) is 5.23. The summed E-state index contributed by atoms with van der Waals surface area (Å²) < 4.78 is 0. The quantitative estimate of drug-likeness (QED) is 0.720. The summed E-state index contributed by atoms with van der Waals surface area (Å²) in [4.78, 5) is 0. The Morgan fingerprint density at radius 3 is 2.31 bits per heavy atom. The summed E-state index contributed by atoms with van der Waals surface area (Å²) in [6.07, 6.45) is 4.51. The van der Waals surface area contributed by atoms with Crippen LogP contribution in [0.15, 0.2) is 0 Å². The van der Waals surface area contributed by atoms with E-state index in [0.29, 0.717) is 12.0 Å². The van der Waals surface area contributed by atoms with Gasteiger partial charge in [-0.2, -0.15) is 5.26 Å². The molecule has 1 saturated carbocycles. The van der Waals surface area contributed by atoms with Gasteiger partial charge in [0.1, 0.15) is 0 Å². The maximum absolute atomic E-state index is 9.16. The molecule has 1 fully saturated rings. The fourth-order valence-electron chi connectivity index (χ4n) is 2.19. The monoisotopic (exact) mass is 180 g/mol. The van der Waals surface area contributed by atoms with Crippen molar-refractivity contribution in [3.8, 4) is 6.07 Å². The van der Waals surface area contributed by atoms with Gasteiger partial charge in [0.2, 0.25) is 0 Å². The molecule has 0 amide bonds. The van der Waals surface area contributed by atoms with Gasteiger partial charge >= 0.3 is 0 Å². The highest BCUT2D eigenvalue weighted by Gasteiger charge is 2.43. The van der Waals surface area contributed by atoms with E-state index < -0.39 is 0 Å². The van der Waals surface area contributed by atoms with Crippen molar-refractivity contribution in [2.45, 2.75) is 45.6 Å². The van der Waals surface area contributed by atoms with Crippen molar-refractivity contribution in [3.05, 3.63) is 0 Å². The van der Waals surface area contributed by atoms with Crippen LogP contribution >= 0.6 is 0 Å². The van der Waals surface area contributed by atoms with Gasteiger partial charge in [-0.1, -0.05) is 20.3 Å². The van der Waals surface area contributed by atoms with Crippen molar-refractivity contribution in [1.82, 2.24) is 5.32 Å². The van der Waals surface area contributed by atoms with E-state index in [9.17, 15) is 0 Å². The van der Waals surface area contributed by atoms with Gasteiger partial charge in [0.15, 0.2) is 0 Å². The lowest BCUT2D eigenvalue weighted by atomic mass is 9.63. The number of nitrogens with zero attached hydrogens (tertiary/aromatic N) is 1. The zero-order valence-electron chi connectivity index (χ0n) is 8.93. The smallest absolute Gasteiger partial charge is 0.0726 e. The van der Waals surface area contributed by atoms with Crippen molar-refractivity contribution >= 4 is 0 Å². The van der Waals surface area contributed by atoms with E-state index in [2.05, 4.69) is 25.2 Å². The molecule has 1 rings (SSSR count). The summed E-state index contributed by atoms with van der Waals surface area (Å²) >= 11 is 0. The molecule has 1 unspecified atom stereocenters. The Bertz CT molecular complexity index is 199. The highest BCUT2D eigenvalue weighted by atomic mass is 14.9. The number of nitriles is 1. The van der Waals surface area contributed by atoms with Crippen molar-refractivity contribution in [1.29, 1.82) is 5.26 Å². The zero-order valence-corrected chi connectivity index (χ0v) is 8.93. The van der Waals surface area contributed by atoms with Gasteiger partial charge in [-0.05, 0) is 32.2 Å². The van der Waals surface area contributed by atoms with Crippen LogP contribution in [-0.4, -0.2) is 13.1 Å². The van der Waals surface area contributed by atoms with E-state index in [0.717, 1.165) is 19.3 Å². The zero-order chi connectivity index (χ0) is 9.90.